The summed E-state index contributed by atoms with van der Waals surface area (Å²) in [5.74, 6) is -1.02. The van der Waals surface area contributed by atoms with Crippen molar-refractivity contribution in [3.8, 4) is 5.75 Å². The number of amides is 2. The molecule has 20 heavy (non-hydrogen) atoms. The van der Waals surface area contributed by atoms with Gasteiger partial charge in [0.05, 0.1) is 0 Å². The van der Waals surface area contributed by atoms with Crippen LogP contribution in [0.3, 0.4) is 0 Å². The summed E-state index contributed by atoms with van der Waals surface area (Å²) < 4.78 is 0. The van der Waals surface area contributed by atoms with Crippen LogP contribution in [0.4, 0.5) is 4.79 Å². The van der Waals surface area contributed by atoms with Crippen molar-refractivity contribution in [2.45, 2.75) is 25.4 Å². The highest BCUT2D eigenvalue weighted by Gasteiger charge is 2.20. The molecule has 0 bridgehead atoms. The monoisotopic (exact) mass is 278 g/mol. The Kier molecular flexibility index (Phi) is 5.58. The number of phenols is 1. The highest BCUT2D eigenvalue weighted by atomic mass is 16.4. The fraction of sp³-hybridized carbons (Fsp3) is 0.286. The molecule has 6 nitrogen and oxygen atoms in total. The number of urea groups is 1. The molecular formula is C14H18N2O4. The highest BCUT2D eigenvalue weighted by molar-refractivity contribution is 5.83. The van der Waals surface area contributed by atoms with Crippen molar-refractivity contribution in [1.82, 2.24) is 10.6 Å². The third-order valence-corrected chi connectivity index (χ3v) is 2.69. The highest BCUT2D eigenvalue weighted by Crippen LogP contribution is 2.11. The average Bonchev–Trinajstić information content (AvgIpc) is 2.40. The molecule has 0 aliphatic rings. The van der Waals surface area contributed by atoms with Crippen LogP contribution in [0.25, 0.3) is 0 Å². The van der Waals surface area contributed by atoms with Gasteiger partial charge in [-0.2, -0.15) is 0 Å². The lowest BCUT2D eigenvalue weighted by Crippen LogP contribution is -2.48. The van der Waals surface area contributed by atoms with Crippen molar-refractivity contribution in [1.29, 1.82) is 0 Å². The predicted molar refractivity (Wildman–Crippen MR) is 74.6 cm³/mol. The maximum atomic E-state index is 11.6. The maximum Gasteiger partial charge on any atom is 0.326 e. The van der Waals surface area contributed by atoms with E-state index >= 15 is 0 Å². The zero-order valence-electron chi connectivity index (χ0n) is 11.2. The van der Waals surface area contributed by atoms with Crippen LogP contribution in [-0.4, -0.2) is 34.3 Å². The molecule has 108 valence electrons. The molecular weight excluding hydrogens is 260 g/mol. The Morgan fingerprint density at radius 1 is 1.30 bits per heavy atom. The Hall–Kier alpha value is -2.50. The zero-order chi connectivity index (χ0) is 15.1. The van der Waals surface area contributed by atoms with Crippen LogP contribution in [-0.2, 0) is 11.2 Å². The molecule has 1 aromatic carbocycles. The third-order valence-electron chi connectivity index (χ3n) is 2.69. The lowest BCUT2D eigenvalue weighted by Gasteiger charge is -2.17. The Balaban J connectivity index is 2.65. The molecule has 0 spiro atoms. The van der Waals surface area contributed by atoms with E-state index in [1.807, 2.05) is 0 Å². The predicted octanol–water partition coefficient (Wildman–Crippen LogP) is 1.26. The molecule has 1 rings (SSSR count). The second-order valence-corrected chi connectivity index (χ2v) is 4.40. The van der Waals surface area contributed by atoms with E-state index in [1.165, 1.54) is 18.2 Å². The van der Waals surface area contributed by atoms with E-state index < -0.39 is 18.0 Å². The molecule has 0 aliphatic carbocycles. The first-order chi connectivity index (χ1) is 9.42. The largest absolute Gasteiger partial charge is 0.508 e. The number of nitrogens with one attached hydrogen (secondary N) is 2. The summed E-state index contributed by atoms with van der Waals surface area (Å²) in [5.41, 5.74) is 0.701. The summed E-state index contributed by atoms with van der Waals surface area (Å²) in [5, 5.41) is 23.2. The lowest BCUT2D eigenvalue weighted by molar-refractivity contribution is -0.139. The minimum absolute atomic E-state index is 0.103. The number of hydrogen-bond acceptors (Lipinski definition) is 3. The van der Waals surface area contributed by atoms with Crippen molar-refractivity contribution in [3.05, 3.63) is 42.5 Å². The second kappa shape index (κ2) is 7.18. The molecule has 0 radical (unpaired) electrons. The number of hydrogen-bond donors (Lipinski definition) is 4. The first kappa shape index (κ1) is 15.6. The summed E-state index contributed by atoms with van der Waals surface area (Å²) in [7, 11) is 0. The van der Waals surface area contributed by atoms with Crippen LogP contribution >= 0.6 is 0 Å². The van der Waals surface area contributed by atoms with Crippen LogP contribution in [0, 0.1) is 0 Å². The van der Waals surface area contributed by atoms with E-state index in [0.29, 0.717) is 5.56 Å². The van der Waals surface area contributed by atoms with Crippen LogP contribution in [0.5, 0.6) is 5.75 Å². The lowest BCUT2D eigenvalue weighted by atomic mass is 10.1. The van der Waals surface area contributed by atoms with Crippen LogP contribution in [0.2, 0.25) is 0 Å². The number of carbonyl (C=O) groups is 2. The summed E-state index contributed by atoms with van der Waals surface area (Å²) in [6, 6.07) is 4.29. The van der Waals surface area contributed by atoms with E-state index in [2.05, 4.69) is 17.2 Å². The Morgan fingerprint density at radius 2 is 1.90 bits per heavy atom. The molecule has 0 fully saturated rings. The van der Waals surface area contributed by atoms with Gasteiger partial charge in [-0.1, -0.05) is 18.2 Å². The van der Waals surface area contributed by atoms with E-state index in [1.54, 1.807) is 19.1 Å². The molecule has 2 amide bonds. The summed E-state index contributed by atoms with van der Waals surface area (Å²) >= 11 is 0. The fourth-order valence-corrected chi connectivity index (χ4v) is 1.53. The standard InChI is InChI=1S/C14H18N2O4/c1-3-9(2)15-14(20)16-12(13(18)19)8-10-4-6-11(17)7-5-10/h3-7,9,12,17H,1,8H2,2H3,(H,18,19)(H2,15,16,20)/t9?,12-/m0/s1. The molecule has 1 unspecified atom stereocenters. The summed E-state index contributed by atoms with van der Waals surface area (Å²) in [6.07, 6.45) is 1.67. The van der Waals surface area contributed by atoms with Crippen molar-refractivity contribution < 1.29 is 19.8 Å². The summed E-state index contributed by atoms with van der Waals surface area (Å²) in [4.78, 5) is 22.7. The molecule has 1 aromatic rings. The van der Waals surface area contributed by atoms with Gasteiger partial charge in [0.25, 0.3) is 0 Å². The topological polar surface area (TPSA) is 98.7 Å². The van der Waals surface area contributed by atoms with Gasteiger partial charge < -0.3 is 20.8 Å². The van der Waals surface area contributed by atoms with Gasteiger partial charge in [-0.3, -0.25) is 0 Å². The van der Waals surface area contributed by atoms with Gasteiger partial charge in [0.2, 0.25) is 0 Å². The van der Waals surface area contributed by atoms with Crippen LogP contribution in [0.1, 0.15) is 12.5 Å². The number of aromatic hydroxyl groups is 1. The van der Waals surface area contributed by atoms with Crippen molar-refractivity contribution >= 4 is 12.0 Å². The average molecular weight is 278 g/mol. The van der Waals surface area contributed by atoms with Crippen molar-refractivity contribution in [2.24, 2.45) is 0 Å². The minimum Gasteiger partial charge on any atom is -0.508 e. The van der Waals surface area contributed by atoms with Crippen LogP contribution < -0.4 is 10.6 Å². The minimum atomic E-state index is -1.13. The number of rotatable bonds is 6. The molecule has 6 heteroatoms. The molecule has 0 aliphatic heterocycles. The van der Waals surface area contributed by atoms with E-state index in [9.17, 15) is 9.59 Å². The van der Waals surface area contributed by atoms with E-state index in [4.69, 9.17) is 10.2 Å². The zero-order valence-corrected chi connectivity index (χ0v) is 11.2. The number of carboxylic acids is 1. The molecule has 0 saturated carbocycles. The Morgan fingerprint density at radius 3 is 2.40 bits per heavy atom. The van der Waals surface area contributed by atoms with Gasteiger partial charge in [0.1, 0.15) is 11.8 Å². The summed E-state index contributed by atoms with van der Waals surface area (Å²) in [6.45, 7) is 5.25. The first-order valence-electron chi connectivity index (χ1n) is 6.12. The van der Waals surface area contributed by atoms with Gasteiger partial charge in [-0.25, -0.2) is 9.59 Å². The van der Waals surface area contributed by atoms with Gasteiger partial charge in [-0.05, 0) is 24.6 Å². The van der Waals surface area contributed by atoms with Crippen LogP contribution in [0.15, 0.2) is 36.9 Å². The van der Waals surface area contributed by atoms with E-state index in [0.717, 1.165) is 0 Å². The van der Waals surface area contributed by atoms with Gasteiger partial charge in [0.15, 0.2) is 0 Å². The third kappa shape index (κ3) is 5.01. The number of benzene rings is 1. The SMILES string of the molecule is C=CC(C)NC(=O)N[C@@H](Cc1ccc(O)cc1)C(=O)O. The molecule has 0 aromatic heterocycles. The quantitative estimate of drug-likeness (QED) is 0.589. The Bertz CT molecular complexity index is 484. The number of aliphatic carboxylic acids is 1. The van der Waals surface area contributed by atoms with Gasteiger partial charge in [0, 0.05) is 12.5 Å². The maximum absolute atomic E-state index is 11.6. The fourth-order valence-electron chi connectivity index (χ4n) is 1.53. The Labute approximate surface area is 117 Å². The molecule has 2 atom stereocenters. The second-order valence-electron chi connectivity index (χ2n) is 4.40. The molecule has 4 N–H and O–H groups in total. The molecule has 0 heterocycles. The normalized spacial score (nSPS) is 13.1. The van der Waals surface area contributed by atoms with Crippen molar-refractivity contribution in [2.75, 3.05) is 0 Å². The number of phenolic OH excluding ortho intramolecular Hbond substituents is 1. The molecule has 0 saturated heterocycles. The van der Waals surface area contributed by atoms with Gasteiger partial charge >= 0.3 is 12.0 Å². The first-order valence-corrected chi connectivity index (χ1v) is 6.12. The van der Waals surface area contributed by atoms with Crippen molar-refractivity contribution in [3.63, 3.8) is 0 Å². The number of carbonyl (C=O) groups excluding carboxylic acids is 1. The number of carboxylic acid groups (broad SMARTS) is 1. The van der Waals surface area contributed by atoms with Gasteiger partial charge in [-0.15, -0.1) is 6.58 Å². The smallest absolute Gasteiger partial charge is 0.326 e. The van der Waals surface area contributed by atoms with E-state index in [-0.39, 0.29) is 18.2 Å².